The van der Waals surface area contributed by atoms with Gasteiger partial charge >= 0.3 is 11.9 Å². The smallest absolute Gasteiger partial charge is 0.350 e. The number of ether oxygens (including phenoxy) is 4. The molecule has 1 aromatic carbocycles. The van der Waals surface area contributed by atoms with Gasteiger partial charge in [-0.15, -0.1) is 0 Å². The Labute approximate surface area is 99.8 Å². The van der Waals surface area contributed by atoms with E-state index in [-0.39, 0.29) is 28.4 Å². The third kappa shape index (κ3) is 1.49. The number of fused-ring (bicyclic) bond motifs is 1. The molecule has 0 fully saturated rings. The van der Waals surface area contributed by atoms with Crippen molar-refractivity contribution in [2.45, 2.75) is 0 Å². The summed E-state index contributed by atoms with van der Waals surface area (Å²) in [6.07, 6.45) is 0. The lowest BCUT2D eigenvalue weighted by Crippen LogP contribution is -2.02. The predicted octanol–water partition coefficient (Wildman–Crippen LogP) is 1.02. The molecule has 0 aromatic heterocycles. The number of methoxy groups -OCH3 is 3. The van der Waals surface area contributed by atoms with E-state index in [0.717, 1.165) is 0 Å². The molecule has 17 heavy (non-hydrogen) atoms. The number of hydrogen-bond donors (Lipinski definition) is 0. The molecule has 0 aliphatic carbocycles. The second-order valence-electron chi connectivity index (χ2n) is 3.13. The van der Waals surface area contributed by atoms with Gasteiger partial charge in [0.2, 0.25) is 5.75 Å². The molecule has 2 rings (SSSR count). The predicted molar refractivity (Wildman–Crippen MR) is 55.8 cm³/mol. The van der Waals surface area contributed by atoms with Crippen LogP contribution in [0.3, 0.4) is 0 Å². The molecule has 0 amide bonds. The van der Waals surface area contributed by atoms with Crippen LogP contribution in [-0.4, -0.2) is 33.2 Å². The van der Waals surface area contributed by atoms with Crippen molar-refractivity contribution in [2.75, 3.05) is 21.3 Å². The van der Waals surface area contributed by atoms with Crippen LogP contribution in [0.5, 0.6) is 17.2 Å². The third-order valence-corrected chi connectivity index (χ3v) is 2.32. The molecular formula is C11H10O6. The molecule has 1 aliphatic rings. The third-order valence-electron chi connectivity index (χ3n) is 2.32. The van der Waals surface area contributed by atoms with Crippen molar-refractivity contribution < 1.29 is 31.3 Å². The molecule has 0 saturated carbocycles. The normalized spacial score (nSPS) is 14.6. The Balaban J connectivity index is 2.70. The van der Waals surface area contributed by atoms with Crippen LogP contribution in [0.4, 0.5) is 0 Å². The molecule has 6 nitrogen and oxygen atoms in total. The molecule has 1 heterocycles. The Morgan fingerprint density at radius 2 is 1.82 bits per heavy atom. The highest BCUT2D eigenvalue weighted by Crippen LogP contribution is 2.44. The van der Waals surface area contributed by atoms with Crippen LogP contribution in [0.2, 0.25) is 0 Å². The Morgan fingerprint density at radius 3 is 2.47 bits per heavy atom. The number of benzene rings is 1. The van der Waals surface area contributed by atoms with Gasteiger partial charge in [-0.05, 0) is 6.07 Å². The van der Waals surface area contributed by atoms with Gasteiger partial charge in [0, 0.05) is 0 Å². The van der Waals surface area contributed by atoms with Crippen molar-refractivity contribution >= 4 is 11.9 Å². The Kier molecular flexibility index (Phi) is 2.07. The topological polar surface area (TPSA) is 71.1 Å². The lowest BCUT2D eigenvalue weighted by atomic mass is 10.1. The van der Waals surface area contributed by atoms with E-state index in [0.29, 0.717) is 0 Å². The first-order valence-electron chi connectivity index (χ1n) is 5.91. The van der Waals surface area contributed by atoms with E-state index in [1.54, 1.807) is 0 Å². The summed E-state index contributed by atoms with van der Waals surface area (Å²) in [5.41, 5.74) is -0.121. The molecule has 0 radical (unpaired) electrons. The van der Waals surface area contributed by atoms with E-state index in [4.69, 9.17) is 17.0 Å². The second-order valence-corrected chi connectivity index (χ2v) is 3.13. The molecule has 1 aromatic rings. The SMILES string of the molecule is [3H]COc1c(OC)cc2c(c1OC[3H])C(=O)OC2=O. The van der Waals surface area contributed by atoms with Crippen molar-refractivity contribution in [3.63, 3.8) is 0 Å². The summed E-state index contributed by atoms with van der Waals surface area (Å²) in [6, 6.07) is 1.28. The van der Waals surface area contributed by atoms with Crippen molar-refractivity contribution in [2.24, 2.45) is 0 Å². The number of rotatable bonds is 3. The summed E-state index contributed by atoms with van der Waals surface area (Å²) < 4.78 is 33.7. The monoisotopic (exact) mass is 242 g/mol. The van der Waals surface area contributed by atoms with Gasteiger partial charge in [0.15, 0.2) is 11.5 Å². The lowest BCUT2D eigenvalue weighted by Gasteiger charge is -2.13. The van der Waals surface area contributed by atoms with Crippen LogP contribution in [0.25, 0.3) is 0 Å². The maximum atomic E-state index is 11.6. The summed E-state index contributed by atoms with van der Waals surface area (Å²) >= 11 is 0. The summed E-state index contributed by atoms with van der Waals surface area (Å²) in [6.45, 7) is 0. The van der Waals surface area contributed by atoms with Crippen molar-refractivity contribution in [1.29, 1.82) is 0 Å². The number of cyclic esters (lactones) is 2. The average molecular weight is 242 g/mol. The van der Waals surface area contributed by atoms with Gasteiger partial charge in [0.05, 0.1) is 29.6 Å². The Bertz CT molecular complexity index is 542. The molecule has 0 saturated heterocycles. The van der Waals surface area contributed by atoms with Crippen molar-refractivity contribution in [3.05, 3.63) is 17.2 Å². The van der Waals surface area contributed by atoms with E-state index in [2.05, 4.69) is 4.74 Å². The minimum Gasteiger partial charge on any atom is -0.493 e. The maximum Gasteiger partial charge on any atom is 0.350 e. The molecule has 0 atom stereocenters. The second kappa shape index (κ2) is 3.97. The van der Waals surface area contributed by atoms with E-state index < -0.39 is 26.1 Å². The quantitative estimate of drug-likeness (QED) is 0.582. The summed E-state index contributed by atoms with van der Waals surface area (Å²) in [4.78, 5) is 23.1. The first kappa shape index (κ1) is 8.86. The zero-order valence-corrected chi connectivity index (χ0v) is 8.94. The highest BCUT2D eigenvalue weighted by atomic mass is 16.6. The molecule has 0 unspecified atom stereocenters. The lowest BCUT2D eigenvalue weighted by molar-refractivity contribution is 0.0442. The fraction of sp³-hybridized carbons (Fsp3) is 0.273. The zero-order chi connectivity index (χ0) is 14.0. The molecule has 1 aliphatic heterocycles. The largest absolute Gasteiger partial charge is 0.493 e. The standard InChI is InChI=1S/C11H10O6/c1-14-6-4-5-7(11(13)17-10(5)12)9(16-3)8(6)15-2/h4H,1-3H3/i2T,3T. The van der Waals surface area contributed by atoms with E-state index in [1.165, 1.54) is 13.2 Å². The Hall–Kier alpha value is -2.24. The number of carbonyl (C=O) groups is 2. The molecule has 0 bridgehead atoms. The minimum absolute atomic E-state index is 0.00449. The highest BCUT2D eigenvalue weighted by molar-refractivity contribution is 6.17. The van der Waals surface area contributed by atoms with E-state index in [9.17, 15) is 9.59 Å². The maximum absolute atomic E-state index is 11.6. The van der Waals surface area contributed by atoms with E-state index >= 15 is 0 Å². The van der Waals surface area contributed by atoms with Gasteiger partial charge in [0.1, 0.15) is 5.56 Å². The fourth-order valence-corrected chi connectivity index (χ4v) is 1.60. The number of carbonyl (C=O) groups excluding carboxylic acids is 2. The first-order valence-corrected chi connectivity index (χ1v) is 4.49. The van der Waals surface area contributed by atoms with Gasteiger partial charge in [-0.3, -0.25) is 0 Å². The van der Waals surface area contributed by atoms with E-state index in [1.807, 2.05) is 0 Å². The van der Waals surface area contributed by atoms with Gasteiger partial charge in [-0.2, -0.15) is 0 Å². The van der Waals surface area contributed by atoms with Gasteiger partial charge < -0.3 is 18.9 Å². The van der Waals surface area contributed by atoms with Crippen LogP contribution < -0.4 is 14.2 Å². The zero-order valence-electron chi connectivity index (χ0n) is 10.9. The summed E-state index contributed by atoms with van der Waals surface area (Å²) in [5.74, 6) is -1.69. The van der Waals surface area contributed by atoms with Crippen LogP contribution in [0.1, 0.15) is 23.5 Å². The van der Waals surface area contributed by atoms with Gasteiger partial charge in [-0.25, -0.2) is 9.59 Å². The van der Waals surface area contributed by atoms with Crippen LogP contribution in [0.15, 0.2) is 6.07 Å². The van der Waals surface area contributed by atoms with Gasteiger partial charge in [0.25, 0.3) is 0 Å². The highest BCUT2D eigenvalue weighted by Gasteiger charge is 2.37. The summed E-state index contributed by atoms with van der Waals surface area (Å²) in [5, 5.41) is 0. The molecule has 90 valence electrons. The van der Waals surface area contributed by atoms with Crippen LogP contribution >= 0.6 is 0 Å². The van der Waals surface area contributed by atoms with Gasteiger partial charge in [-0.1, -0.05) is 0 Å². The summed E-state index contributed by atoms with van der Waals surface area (Å²) in [7, 11) is 0.410. The number of esters is 2. The molecular weight excluding hydrogens is 228 g/mol. The average Bonchev–Trinajstić information content (AvgIpc) is 2.67. The molecule has 6 heteroatoms. The number of hydrogen-bond acceptors (Lipinski definition) is 6. The van der Waals surface area contributed by atoms with Crippen molar-refractivity contribution in [3.8, 4) is 17.2 Å². The fourth-order valence-electron chi connectivity index (χ4n) is 1.60. The van der Waals surface area contributed by atoms with Crippen LogP contribution in [-0.2, 0) is 4.74 Å². The van der Waals surface area contributed by atoms with Crippen LogP contribution in [0, 0.1) is 0 Å². The minimum atomic E-state index is -0.874. The Morgan fingerprint density at radius 1 is 1.12 bits per heavy atom. The van der Waals surface area contributed by atoms with Crippen molar-refractivity contribution in [1.82, 2.24) is 0 Å². The molecule has 0 N–H and O–H groups in total. The first-order chi connectivity index (χ1) is 9.13. The molecule has 0 spiro atoms.